The van der Waals surface area contributed by atoms with Gasteiger partial charge in [-0.05, 0) is 18.9 Å². The molecule has 0 spiro atoms. The van der Waals surface area contributed by atoms with Gasteiger partial charge in [0.15, 0.2) is 31.9 Å². The van der Waals surface area contributed by atoms with E-state index in [4.69, 9.17) is 0 Å². The first-order valence-electron chi connectivity index (χ1n) is 7.46. The summed E-state index contributed by atoms with van der Waals surface area (Å²) in [7, 11) is -8.85. The Morgan fingerprint density at radius 3 is 2.50 bits per heavy atom. The van der Waals surface area contributed by atoms with Crippen molar-refractivity contribution in [2.75, 3.05) is 6.66 Å². The number of nitrogens with zero attached hydrogens (tertiary/aromatic N) is 1. The van der Waals surface area contributed by atoms with Gasteiger partial charge in [0.05, 0.1) is 0 Å². The highest BCUT2D eigenvalue weighted by atomic mass is 31.2. The van der Waals surface area contributed by atoms with Crippen molar-refractivity contribution in [2.24, 2.45) is 0 Å². The van der Waals surface area contributed by atoms with E-state index in [2.05, 4.69) is 6.92 Å². The van der Waals surface area contributed by atoms with Gasteiger partial charge in [0, 0.05) is 18.3 Å². The number of pyridine rings is 1. The third kappa shape index (κ3) is 6.72. The lowest BCUT2D eigenvalue weighted by atomic mass is 10.1. The van der Waals surface area contributed by atoms with Crippen molar-refractivity contribution in [3.63, 3.8) is 0 Å². The molecule has 0 saturated heterocycles. The molecule has 6 nitrogen and oxygen atoms in total. The molecule has 3 atom stereocenters. The molecule has 0 amide bonds. The zero-order valence-electron chi connectivity index (χ0n) is 13.1. The van der Waals surface area contributed by atoms with Crippen LogP contribution in [0.25, 0.3) is 0 Å². The molecule has 1 rings (SSSR count). The minimum absolute atomic E-state index is 0.232. The van der Waals surface area contributed by atoms with Crippen LogP contribution in [0.2, 0.25) is 0 Å². The van der Waals surface area contributed by atoms with E-state index in [1.165, 1.54) is 6.42 Å². The molecule has 0 aliphatic heterocycles. The van der Waals surface area contributed by atoms with Gasteiger partial charge >= 0.3 is 0 Å². The summed E-state index contributed by atoms with van der Waals surface area (Å²) in [4.78, 5) is 30.1. The van der Waals surface area contributed by atoms with Crippen LogP contribution in [0.3, 0.4) is 0 Å². The van der Waals surface area contributed by atoms with Gasteiger partial charge in [-0.25, -0.2) is 4.57 Å². The van der Waals surface area contributed by atoms with E-state index in [1.54, 1.807) is 23.0 Å². The Hall–Kier alpha value is -0.510. The summed E-state index contributed by atoms with van der Waals surface area (Å²) in [5, 5.41) is -1.68. The minimum atomic E-state index is -4.89. The monoisotopic (exact) mass is 349 g/mol. The molecular weight excluding hydrogens is 324 g/mol. The fraction of sp³-hybridized carbons (Fsp3) is 0.643. The van der Waals surface area contributed by atoms with Crippen LogP contribution in [-0.2, 0) is 22.1 Å². The minimum Gasteiger partial charge on any atom is -0.778 e. The van der Waals surface area contributed by atoms with E-state index in [0.29, 0.717) is 0 Å². The van der Waals surface area contributed by atoms with Crippen molar-refractivity contribution in [3.05, 3.63) is 30.1 Å². The third-order valence-electron chi connectivity index (χ3n) is 3.54. The average Bonchev–Trinajstić information content (AvgIpc) is 2.39. The van der Waals surface area contributed by atoms with E-state index in [9.17, 15) is 23.8 Å². The normalized spacial score (nSPS) is 18.4. The SMILES string of the molecule is CCCCCCc1ccc[n+](CC(P(C)(=O)O)P(=O)([O-])O)c1. The number of hydrogen-bond donors (Lipinski definition) is 2. The Morgan fingerprint density at radius 2 is 1.95 bits per heavy atom. The highest BCUT2D eigenvalue weighted by Gasteiger charge is 2.37. The summed E-state index contributed by atoms with van der Waals surface area (Å²) in [5.74, 6) is 0. The van der Waals surface area contributed by atoms with E-state index in [1.807, 2.05) is 6.07 Å². The lowest BCUT2D eigenvalue weighted by Gasteiger charge is -2.26. The molecule has 0 aliphatic carbocycles. The van der Waals surface area contributed by atoms with Crippen molar-refractivity contribution < 1.29 is 28.4 Å². The largest absolute Gasteiger partial charge is 0.778 e. The van der Waals surface area contributed by atoms with E-state index in [0.717, 1.165) is 37.9 Å². The Morgan fingerprint density at radius 1 is 1.27 bits per heavy atom. The number of hydrogen-bond acceptors (Lipinski definition) is 3. The first-order chi connectivity index (χ1) is 10.1. The molecule has 0 aliphatic rings. The standard InChI is InChI=1S/C14H25NO5P2/c1-3-4-5-6-8-13-9-7-10-15(11-13)12-14(21(2,16)17)22(18,19)20/h7,9-11,14H,3-6,8,12H2,1-2H3,(H2-,16,17,18,19,20). The van der Waals surface area contributed by atoms with Crippen molar-refractivity contribution >= 4 is 15.0 Å². The molecule has 0 aromatic carbocycles. The smallest absolute Gasteiger partial charge is 0.215 e. The Labute approximate surface area is 131 Å². The van der Waals surface area contributed by atoms with Crippen molar-refractivity contribution in [3.8, 4) is 0 Å². The molecule has 8 heteroatoms. The van der Waals surface area contributed by atoms with E-state index < -0.39 is 20.4 Å². The van der Waals surface area contributed by atoms with Crippen molar-refractivity contribution in [2.45, 2.75) is 51.0 Å². The summed E-state index contributed by atoms with van der Waals surface area (Å²) in [5.41, 5.74) is 1.04. The quantitative estimate of drug-likeness (QED) is 0.403. The van der Waals surface area contributed by atoms with E-state index >= 15 is 0 Å². The second-order valence-corrected chi connectivity index (χ2v) is 10.4. The van der Waals surface area contributed by atoms with Gasteiger partial charge in [-0.2, -0.15) is 0 Å². The summed E-state index contributed by atoms with van der Waals surface area (Å²) >= 11 is 0. The maximum Gasteiger partial charge on any atom is 0.215 e. The van der Waals surface area contributed by atoms with Crippen LogP contribution in [0.5, 0.6) is 0 Å². The Balaban J connectivity index is 2.80. The van der Waals surface area contributed by atoms with Crippen LogP contribution in [0.4, 0.5) is 0 Å². The Kier molecular flexibility index (Phi) is 7.43. The van der Waals surface area contributed by atoms with Crippen molar-refractivity contribution in [1.82, 2.24) is 0 Å². The number of aryl methyl sites for hydroxylation is 1. The molecule has 1 aromatic rings. The average molecular weight is 349 g/mol. The maximum absolute atomic E-state index is 11.7. The zero-order valence-corrected chi connectivity index (χ0v) is 14.9. The highest BCUT2D eigenvalue weighted by Crippen LogP contribution is 2.57. The molecule has 0 fully saturated rings. The van der Waals surface area contributed by atoms with Crippen LogP contribution in [0.15, 0.2) is 24.5 Å². The fourth-order valence-corrected chi connectivity index (χ4v) is 5.36. The Bertz CT molecular complexity index is 544. The van der Waals surface area contributed by atoms with E-state index in [-0.39, 0.29) is 6.54 Å². The molecule has 1 aromatic heterocycles. The van der Waals surface area contributed by atoms with Gasteiger partial charge < -0.3 is 19.2 Å². The number of unbranched alkanes of at least 4 members (excludes halogenated alkanes) is 3. The molecule has 1 heterocycles. The van der Waals surface area contributed by atoms with Crippen LogP contribution in [0.1, 0.15) is 38.2 Å². The third-order valence-corrected chi connectivity index (χ3v) is 7.89. The number of rotatable bonds is 9. The predicted molar refractivity (Wildman–Crippen MR) is 83.8 cm³/mol. The molecule has 22 heavy (non-hydrogen) atoms. The number of aromatic nitrogens is 1. The summed E-state index contributed by atoms with van der Waals surface area (Å²) in [6.07, 6.45) is 8.81. The lowest BCUT2D eigenvalue weighted by molar-refractivity contribution is -0.695. The zero-order chi connectivity index (χ0) is 16.8. The maximum atomic E-state index is 11.7. The van der Waals surface area contributed by atoms with Crippen LogP contribution in [-0.4, -0.2) is 21.9 Å². The van der Waals surface area contributed by atoms with Crippen molar-refractivity contribution in [1.29, 1.82) is 0 Å². The van der Waals surface area contributed by atoms with Crippen LogP contribution >= 0.6 is 15.0 Å². The van der Waals surface area contributed by atoms with Crippen LogP contribution < -0.4 is 9.46 Å². The first-order valence-corrected chi connectivity index (χ1v) is 11.3. The predicted octanol–water partition coefficient (Wildman–Crippen LogP) is 1.87. The second kappa shape index (κ2) is 8.37. The van der Waals surface area contributed by atoms with Gasteiger partial charge in [-0.3, -0.25) is 4.57 Å². The summed E-state index contributed by atoms with van der Waals surface area (Å²) in [6, 6.07) is 3.72. The van der Waals surface area contributed by atoms with Gasteiger partial charge in [-0.1, -0.05) is 26.2 Å². The van der Waals surface area contributed by atoms with Gasteiger partial charge in [0.2, 0.25) is 7.37 Å². The van der Waals surface area contributed by atoms with Gasteiger partial charge in [-0.15, -0.1) is 0 Å². The molecular formula is C14H25NO5P2. The molecule has 0 saturated carbocycles. The first kappa shape index (κ1) is 19.5. The van der Waals surface area contributed by atoms with Crippen LogP contribution in [0, 0.1) is 0 Å². The lowest BCUT2D eigenvalue weighted by Crippen LogP contribution is -2.40. The summed E-state index contributed by atoms with van der Waals surface area (Å²) in [6.45, 7) is 2.86. The highest BCUT2D eigenvalue weighted by molar-refractivity contribution is 7.72. The fourth-order valence-electron chi connectivity index (χ4n) is 2.31. The van der Waals surface area contributed by atoms with Gasteiger partial charge in [0.25, 0.3) is 0 Å². The molecule has 126 valence electrons. The molecule has 2 N–H and O–H groups in total. The topological polar surface area (TPSA) is 102 Å². The molecule has 3 unspecified atom stereocenters. The molecule has 0 bridgehead atoms. The summed E-state index contributed by atoms with van der Waals surface area (Å²) < 4.78 is 24.6. The van der Waals surface area contributed by atoms with Gasteiger partial charge in [0.1, 0.15) is 0 Å². The second-order valence-electron chi connectivity index (χ2n) is 5.71. The molecule has 0 radical (unpaired) electrons.